The molecule has 186 valence electrons. The molecule has 36 heavy (non-hydrogen) atoms. The lowest BCUT2D eigenvalue weighted by atomic mass is 10.1. The first-order valence-corrected chi connectivity index (χ1v) is 10.8. The Balaban J connectivity index is 1.71. The second-order valence-electron chi connectivity index (χ2n) is 7.55. The van der Waals surface area contributed by atoms with Gasteiger partial charge < -0.3 is 25.4 Å². The maximum atomic E-state index is 12.8. The van der Waals surface area contributed by atoms with E-state index >= 15 is 0 Å². The number of carbonyl (C=O) groups excluding carboxylic acids is 3. The summed E-state index contributed by atoms with van der Waals surface area (Å²) in [4.78, 5) is 47.1. The van der Waals surface area contributed by atoms with Gasteiger partial charge in [-0.15, -0.1) is 0 Å². The van der Waals surface area contributed by atoms with Gasteiger partial charge in [0.1, 0.15) is 5.75 Å². The highest BCUT2D eigenvalue weighted by atomic mass is 16.6. The van der Waals surface area contributed by atoms with E-state index < -0.39 is 23.4 Å². The Bertz CT molecular complexity index is 1280. The van der Waals surface area contributed by atoms with Gasteiger partial charge in [0.2, 0.25) is 5.91 Å². The summed E-state index contributed by atoms with van der Waals surface area (Å²) >= 11 is 0. The number of nitro groups is 1. The number of hydrogen-bond donors (Lipinski definition) is 3. The standard InChI is InChI=1S/C25H24N4O7/c1-16(30)27-18-8-11-23(35-2)22(12-18)28-24(31)15-36-25(32)20-13-19(29(33)34)9-10-21(20)26-14-17-6-4-3-5-7-17/h3-13,26H,14-15H2,1-2H3,(H,27,30)(H,28,31). The molecule has 0 aliphatic carbocycles. The predicted octanol–water partition coefficient (Wildman–Crippen LogP) is 3.97. The van der Waals surface area contributed by atoms with Crippen LogP contribution in [-0.4, -0.2) is 36.4 Å². The molecule has 3 aromatic rings. The molecule has 0 saturated carbocycles. The smallest absolute Gasteiger partial charge is 0.341 e. The second-order valence-corrected chi connectivity index (χ2v) is 7.55. The fraction of sp³-hybridized carbons (Fsp3) is 0.160. The summed E-state index contributed by atoms with van der Waals surface area (Å²) in [6.07, 6.45) is 0. The van der Waals surface area contributed by atoms with E-state index in [2.05, 4.69) is 16.0 Å². The van der Waals surface area contributed by atoms with Gasteiger partial charge in [0.25, 0.3) is 11.6 Å². The number of hydrogen-bond acceptors (Lipinski definition) is 8. The normalized spacial score (nSPS) is 10.2. The molecule has 0 unspecified atom stereocenters. The van der Waals surface area contributed by atoms with Gasteiger partial charge in [0.15, 0.2) is 6.61 Å². The highest BCUT2D eigenvalue weighted by molar-refractivity contribution is 6.00. The average Bonchev–Trinajstić information content (AvgIpc) is 2.86. The van der Waals surface area contributed by atoms with Crippen LogP contribution in [0.15, 0.2) is 66.7 Å². The Labute approximate surface area is 206 Å². The molecular weight excluding hydrogens is 468 g/mol. The molecule has 3 rings (SSSR count). The zero-order valence-electron chi connectivity index (χ0n) is 19.6. The second kappa shape index (κ2) is 12.0. The van der Waals surface area contributed by atoms with Crippen molar-refractivity contribution >= 4 is 40.5 Å². The summed E-state index contributed by atoms with van der Waals surface area (Å²) in [6, 6.07) is 17.8. The lowest BCUT2D eigenvalue weighted by molar-refractivity contribution is -0.384. The van der Waals surface area contributed by atoms with Crippen LogP contribution in [0.5, 0.6) is 5.75 Å². The third kappa shape index (κ3) is 7.03. The maximum Gasteiger partial charge on any atom is 0.341 e. The van der Waals surface area contributed by atoms with E-state index in [0.717, 1.165) is 11.6 Å². The summed E-state index contributed by atoms with van der Waals surface area (Å²) in [5, 5.41) is 19.4. The molecule has 0 heterocycles. The van der Waals surface area contributed by atoms with E-state index in [1.165, 1.54) is 32.2 Å². The van der Waals surface area contributed by atoms with Gasteiger partial charge in [-0.25, -0.2) is 4.79 Å². The van der Waals surface area contributed by atoms with Crippen LogP contribution in [0.1, 0.15) is 22.8 Å². The number of nitrogens with zero attached hydrogens (tertiary/aromatic N) is 1. The van der Waals surface area contributed by atoms with Crippen LogP contribution in [0, 0.1) is 10.1 Å². The van der Waals surface area contributed by atoms with Gasteiger partial charge in [0.05, 0.1) is 23.3 Å². The summed E-state index contributed by atoms with van der Waals surface area (Å²) < 4.78 is 10.3. The highest BCUT2D eigenvalue weighted by Crippen LogP contribution is 2.28. The number of non-ortho nitro benzene ring substituents is 1. The van der Waals surface area contributed by atoms with Gasteiger partial charge >= 0.3 is 5.97 Å². The third-order valence-electron chi connectivity index (χ3n) is 4.89. The third-order valence-corrected chi connectivity index (χ3v) is 4.89. The minimum Gasteiger partial charge on any atom is -0.495 e. The maximum absolute atomic E-state index is 12.8. The molecule has 0 saturated heterocycles. The highest BCUT2D eigenvalue weighted by Gasteiger charge is 2.20. The number of ether oxygens (including phenoxy) is 2. The van der Waals surface area contributed by atoms with Crippen LogP contribution in [0.25, 0.3) is 0 Å². The van der Waals surface area contributed by atoms with Crippen LogP contribution in [0.4, 0.5) is 22.7 Å². The average molecular weight is 492 g/mol. The Morgan fingerprint density at radius 1 is 0.944 bits per heavy atom. The quantitative estimate of drug-likeness (QED) is 0.219. The van der Waals surface area contributed by atoms with Crippen molar-refractivity contribution in [3.8, 4) is 5.75 Å². The first kappa shape index (κ1) is 25.7. The van der Waals surface area contributed by atoms with Crippen LogP contribution >= 0.6 is 0 Å². The molecule has 11 nitrogen and oxygen atoms in total. The minimum atomic E-state index is -0.914. The molecular formula is C25H24N4O7. The Hall–Kier alpha value is -4.93. The fourth-order valence-corrected chi connectivity index (χ4v) is 3.24. The van der Waals surface area contributed by atoms with Crippen LogP contribution in [-0.2, 0) is 20.9 Å². The number of esters is 1. The number of amides is 2. The molecule has 0 aliphatic rings. The number of nitro benzene ring substituents is 1. The van der Waals surface area contributed by atoms with E-state index in [0.29, 0.717) is 23.7 Å². The molecule has 0 bridgehead atoms. The van der Waals surface area contributed by atoms with E-state index in [-0.39, 0.29) is 22.8 Å². The molecule has 11 heteroatoms. The first-order valence-electron chi connectivity index (χ1n) is 10.8. The first-order chi connectivity index (χ1) is 17.3. The zero-order chi connectivity index (χ0) is 26.1. The number of benzene rings is 3. The zero-order valence-corrected chi connectivity index (χ0v) is 19.6. The van der Waals surface area contributed by atoms with Crippen LogP contribution in [0.2, 0.25) is 0 Å². The van der Waals surface area contributed by atoms with E-state index in [9.17, 15) is 24.5 Å². The summed E-state index contributed by atoms with van der Waals surface area (Å²) in [5.41, 5.74) is 1.56. The Morgan fingerprint density at radius 3 is 2.36 bits per heavy atom. The number of carbonyl (C=O) groups is 3. The van der Waals surface area contributed by atoms with Gasteiger partial charge in [-0.05, 0) is 29.8 Å². The molecule has 3 aromatic carbocycles. The summed E-state index contributed by atoms with van der Waals surface area (Å²) in [6.45, 7) is 1.05. The van der Waals surface area contributed by atoms with Crippen molar-refractivity contribution in [2.45, 2.75) is 13.5 Å². The number of anilines is 3. The largest absolute Gasteiger partial charge is 0.495 e. The minimum absolute atomic E-state index is 0.0850. The molecule has 0 atom stereocenters. The summed E-state index contributed by atoms with van der Waals surface area (Å²) in [7, 11) is 1.41. The van der Waals surface area contributed by atoms with Crippen molar-refractivity contribution in [1.29, 1.82) is 0 Å². The molecule has 0 spiro atoms. The van der Waals surface area contributed by atoms with E-state index in [1.54, 1.807) is 12.1 Å². The van der Waals surface area contributed by atoms with Gasteiger partial charge in [0, 0.05) is 37.0 Å². The number of rotatable bonds is 10. The SMILES string of the molecule is COc1ccc(NC(C)=O)cc1NC(=O)COC(=O)c1cc([N+](=O)[O-])ccc1NCc1ccccc1. The fourth-order valence-electron chi connectivity index (χ4n) is 3.24. The molecule has 0 aliphatic heterocycles. The van der Waals surface area contributed by atoms with Crippen molar-refractivity contribution < 1.29 is 28.8 Å². The van der Waals surface area contributed by atoms with Crippen LogP contribution < -0.4 is 20.7 Å². The van der Waals surface area contributed by atoms with Crippen molar-refractivity contribution in [2.75, 3.05) is 29.7 Å². The topological polar surface area (TPSA) is 149 Å². The van der Waals surface area contributed by atoms with Gasteiger partial charge in [-0.1, -0.05) is 30.3 Å². The Morgan fingerprint density at radius 2 is 1.69 bits per heavy atom. The Kier molecular flexibility index (Phi) is 8.54. The predicted molar refractivity (Wildman–Crippen MR) is 133 cm³/mol. The molecule has 2 amide bonds. The lowest BCUT2D eigenvalue weighted by Gasteiger charge is -2.14. The van der Waals surface area contributed by atoms with E-state index in [4.69, 9.17) is 9.47 Å². The monoisotopic (exact) mass is 492 g/mol. The van der Waals surface area contributed by atoms with Gasteiger partial charge in [-0.2, -0.15) is 0 Å². The van der Waals surface area contributed by atoms with Crippen molar-refractivity contribution in [3.05, 3.63) is 88.0 Å². The van der Waals surface area contributed by atoms with Crippen molar-refractivity contribution in [3.63, 3.8) is 0 Å². The number of methoxy groups -OCH3 is 1. The van der Waals surface area contributed by atoms with Crippen molar-refractivity contribution in [1.82, 2.24) is 0 Å². The lowest BCUT2D eigenvalue weighted by Crippen LogP contribution is -2.22. The molecule has 3 N–H and O–H groups in total. The summed E-state index contributed by atoms with van der Waals surface area (Å²) in [5.74, 6) is -1.55. The number of nitrogens with one attached hydrogen (secondary N) is 3. The van der Waals surface area contributed by atoms with Crippen molar-refractivity contribution in [2.24, 2.45) is 0 Å². The van der Waals surface area contributed by atoms with Gasteiger partial charge in [-0.3, -0.25) is 19.7 Å². The molecule has 0 radical (unpaired) electrons. The molecule has 0 fully saturated rings. The van der Waals surface area contributed by atoms with E-state index in [1.807, 2.05) is 30.3 Å². The van der Waals surface area contributed by atoms with Crippen LogP contribution in [0.3, 0.4) is 0 Å². The molecule has 0 aromatic heterocycles.